The van der Waals surface area contributed by atoms with Crippen LogP contribution in [0.1, 0.15) is 28.2 Å². The summed E-state index contributed by atoms with van der Waals surface area (Å²) in [5.74, 6) is 6.28. The van der Waals surface area contributed by atoms with Gasteiger partial charge in [-0.2, -0.15) is 0 Å². The Balaban J connectivity index is 1.90. The van der Waals surface area contributed by atoms with Crippen LogP contribution in [0.3, 0.4) is 0 Å². The van der Waals surface area contributed by atoms with E-state index < -0.39 is 0 Å². The van der Waals surface area contributed by atoms with E-state index in [4.69, 9.17) is 5.11 Å². The lowest BCUT2D eigenvalue weighted by Crippen LogP contribution is -2.26. The Morgan fingerprint density at radius 3 is 3.10 bits per heavy atom. The average molecular weight is 284 g/mol. The monoisotopic (exact) mass is 284 g/mol. The van der Waals surface area contributed by atoms with E-state index in [-0.39, 0.29) is 12.5 Å². The van der Waals surface area contributed by atoms with Gasteiger partial charge in [-0.3, -0.25) is 9.78 Å². The highest BCUT2D eigenvalue weighted by Crippen LogP contribution is 2.01. The van der Waals surface area contributed by atoms with Gasteiger partial charge in [-0.15, -0.1) is 0 Å². The Bertz CT molecular complexity index is 641. The van der Waals surface area contributed by atoms with Crippen molar-refractivity contribution >= 4 is 5.91 Å². The third-order valence-corrected chi connectivity index (χ3v) is 2.67. The standard InChI is InChI=1S/C15H16N4O2/c20-8-2-1-3-12-9-13(11-16-10-12)15(21)19-5-4-14-17-6-7-18-14/h6-7,9-11,20H,2,4-5,8H2,(H,17,18)(H,19,21). The molecule has 21 heavy (non-hydrogen) atoms. The van der Waals surface area contributed by atoms with Crippen LogP contribution < -0.4 is 5.32 Å². The van der Waals surface area contributed by atoms with Crippen LogP contribution in [0.15, 0.2) is 30.9 Å². The molecule has 0 unspecified atom stereocenters. The fourth-order valence-electron chi connectivity index (χ4n) is 1.68. The number of pyridine rings is 1. The fourth-order valence-corrected chi connectivity index (χ4v) is 1.68. The molecule has 2 aromatic rings. The highest BCUT2D eigenvalue weighted by atomic mass is 16.2. The number of carbonyl (C=O) groups is 1. The molecule has 2 heterocycles. The van der Waals surface area contributed by atoms with E-state index in [0.29, 0.717) is 30.5 Å². The Morgan fingerprint density at radius 1 is 1.43 bits per heavy atom. The van der Waals surface area contributed by atoms with E-state index >= 15 is 0 Å². The van der Waals surface area contributed by atoms with Gasteiger partial charge in [-0.25, -0.2) is 4.98 Å². The van der Waals surface area contributed by atoms with Crippen LogP contribution in [0.2, 0.25) is 0 Å². The van der Waals surface area contributed by atoms with Crippen LogP contribution in [0.4, 0.5) is 0 Å². The number of aliphatic hydroxyl groups excluding tert-OH is 1. The van der Waals surface area contributed by atoms with Gasteiger partial charge in [0.05, 0.1) is 12.2 Å². The van der Waals surface area contributed by atoms with Gasteiger partial charge < -0.3 is 15.4 Å². The molecule has 0 radical (unpaired) electrons. The smallest absolute Gasteiger partial charge is 0.252 e. The van der Waals surface area contributed by atoms with Crippen molar-refractivity contribution in [3.05, 3.63) is 47.8 Å². The lowest BCUT2D eigenvalue weighted by molar-refractivity contribution is 0.0953. The first-order chi connectivity index (χ1) is 10.3. The summed E-state index contributed by atoms with van der Waals surface area (Å²) in [6.45, 7) is 0.514. The van der Waals surface area contributed by atoms with Gasteiger partial charge in [-0.05, 0) is 6.07 Å². The SMILES string of the molecule is O=C(NCCc1ncc[nH]1)c1cncc(C#CCCO)c1. The summed E-state index contributed by atoms with van der Waals surface area (Å²) in [6, 6.07) is 1.68. The summed E-state index contributed by atoms with van der Waals surface area (Å²) in [7, 11) is 0. The quantitative estimate of drug-likeness (QED) is 0.698. The molecule has 0 aromatic carbocycles. The Kier molecular flexibility index (Phi) is 5.50. The van der Waals surface area contributed by atoms with Crippen molar-refractivity contribution in [2.75, 3.05) is 13.2 Å². The van der Waals surface area contributed by atoms with Gasteiger partial charge in [0.1, 0.15) is 5.82 Å². The van der Waals surface area contributed by atoms with Crippen LogP contribution in [0.25, 0.3) is 0 Å². The molecule has 0 saturated heterocycles. The zero-order valence-electron chi connectivity index (χ0n) is 11.5. The second-order valence-corrected chi connectivity index (χ2v) is 4.28. The predicted molar refractivity (Wildman–Crippen MR) is 77.4 cm³/mol. The van der Waals surface area contributed by atoms with Crippen LogP contribution >= 0.6 is 0 Å². The molecule has 0 aliphatic heterocycles. The van der Waals surface area contributed by atoms with Crippen LogP contribution in [0.5, 0.6) is 0 Å². The molecule has 2 aromatic heterocycles. The fraction of sp³-hybridized carbons (Fsp3) is 0.267. The first-order valence-electron chi connectivity index (χ1n) is 6.61. The van der Waals surface area contributed by atoms with Gasteiger partial charge in [-0.1, -0.05) is 11.8 Å². The molecule has 2 rings (SSSR count). The van der Waals surface area contributed by atoms with Crippen molar-refractivity contribution in [3.63, 3.8) is 0 Å². The number of H-pyrrole nitrogens is 1. The Morgan fingerprint density at radius 2 is 2.33 bits per heavy atom. The van der Waals surface area contributed by atoms with E-state index in [0.717, 1.165) is 5.82 Å². The number of hydrogen-bond donors (Lipinski definition) is 3. The number of hydrogen-bond acceptors (Lipinski definition) is 4. The van der Waals surface area contributed by atoms with E-state index in [9.17, 15) is 4.79 Å². The Hall–Kier alpha value is -2.65. The number of rotatable bonds is 5. The summed E-state index contributed by atoms with van der Waals surface area (Å²) >= 11 is 0. The molecule has 108 valence electrons. The van der Waals surface area contributed by atoms with Crippen LogP contribution in [-0.4, -0.2) is 39.1 Å². The van der Waals surface area contributed by atoms with Gasteiger partial charge in [0.2, 0.25) is 0 Å². The molecular formula is C15H16N4O2. The van der Waals surface area contributed by atoms with Crippen molar-refractivity contribution < 1.29 is 9.90 Å². The number of imidazole rings is 1. The lowest BCUT2D eigenvalue weighted by Gasteiger charge is -2.04. The maximum absolute atomic E-state index is 12.0. The maximum Gasteiger partial charge on any atom is 0.252 e. The number of carbonyl (C=O) groups excluding carboxylic acids is 1. The zero-order valence-corrected chi connectivity index (χ0v) is 11.5. The number of aromatic amines is 1. The van der Waals surface area contributed by atoms with E-state index in [1.165, 1.54) is 6.20 Å². The zero-order chi connectivity index (χ0) is 14.9. The van der Waals surface area contributed by atoms with Crippen molar-refractivity contribution in [3.8, 4) is 11.8 Å². The van der Waals surface area contributed by atoms with Crippen molar-refractivity contribution in [1.82, 2.24) is 20.3 Å². The molecule has 0 saturated carbocycles. The van der Waals surface area contributed by atoms with Crippen molar-refractivity contribution in [1.29, 1.82) is 0 Å². The largest absolute Gasteiger partial charge is 0.395 e. The number of nitrogens with one attached hydrogen (secondary N) is 2. The highest BCUT2D eigenvalue weighted by Gasteiger charge is 2.06. The number of aliphatic hydroxyl groups is 1. The predicted octanol–water partition coefficient (Wildman–Crippen LogP) is 0.511. The third-order valence-electron chi connectivity index (χ3n) is 2.67. The van der Waals surface area contributed by atoms with Crippen molar-refractivity contribution in [2.45, 2.75) is 12.8 Å². The minimum atomic E-state index is -0.195. The van der Waals surface area contributed by atoms with E-state index in [1.807, 2.05) is 0 Å². The molecule has 6 heteroatoms. The number of aromatic nitrogens is 3. The molecule has 0 bridgehead atoms. The lowest BCUT2D eigenvalue weighted by atomic mass is 10.2. The van der Waals surface area contributed by atoms with Gasteiger partial charge in [0.15, 0.2) is 0 Å². The molecule has 0 spiro atoms. The minimum absolute atomic E-state index is 0.0212. The topological polar surface area (TPSA) is 90.9 Å². The van der Waals surface area contributed by atoms with Gasteiger partial charge in [0.25, 0.3) is 5.91 Å². The first-order valence-corrected chi connectivity index (χ1v) is 6.61. The summed E-state index contributed by atoms with van der Waals surface area (Å²) in [6.07, 6.45) is 7.55. The van der Waals surface area contributed by atoms with Crippen LogP contribution in [0, 0.1) is 11.8 Å². The number of nitrogens with zero attached hydrogens (tertiary/aromatic N) is 2. The van der Waals surface area contributed by atoms with Crippen LogP contribution in [-0.2, 0) is 6.42 Å². The molecular weight excluding hydrogens is 268 g/mol. The second-order valence-electron chi connectivity index (χ2n) is 4.28. The summed E-state index contributed by atoms with van der Waals surface area (Å²) in [4.78, 5) is 23.0. The summed E-state index contributed by atoms with van der Waals surface area (Å²) in [5, 5.41) is 11.5. The minimum Gasteiger partial charge on any atom is -0.395 e. The second kappa shape index (κ2) is 7.82. The number of amides is 1. The summed E-state index contributed by atoms with van der Waals surface area (Å²) < 4.78 is 0. The molecule has 6 nitrogen and oxygen atoms in total. The first kappa shape index (κ1) is 14.8. The Labute approximate surface area is 122 Å². The highest BCUT2D eigenvalue weighted by molar-refractivity contribution is 5.94. The third kappa shape index (κ3) is 4.75. The molecule has 0 fully saturated rings. The molecule has 0 atom stereocenters. The molecule has 0 aliphatic carbocycles. The van der Waals surface area contributed by atoms with E-state index in [1.54, 1.807) is 24.7 Å². The van der Waals surface area contributed by atoms with Gasteiger partial charge >= 0.3 is 0 Å². The van der Waals surface area contributed by atoms with E-state index in [2.05, 4.69) is 32.1 Å². The normalized spacial score (nSPS) is 9.76. The molecule has 1 amide bonds. The molecule has 0 aliphatic rings. The summed E-state index contributed by atoms with van der Waals surface area (Å²) in [5.41, 5.74) is 1.12. The maximum atomic E-state index is 12.0. The average Bonchev–Trinajstić information content (AvgIpc) is 3.01. The molecule has 3 N–H and O–H groups in total. The van der Waals surface area contributed by atoms with Gasteiger partial charge in [0, 0.05) is 49.7 Å². The van der Waals surface area contributed by atoms with Crippen molar-refractivity contribution in [2.24, 2.45) is 0 Å².